The maximum absolute atomic E-state index is 12.9. The molecule has 0 fully saturated rings. The van der Waals surface area contributed by atoms with Crippen LogP contribution in [0.1, 0.15) is 22.3 Å². The van der Waals surface area contributed by atoms with Crippen LogP contribution in [0.15, 0.2) is 54.6 Å². The molecule has 1 amide bonds. The summed E-state index contributed by atoms with van der Waals surface area (Å²) in [6.45, 7) is 0.357. The summed E-state index contributed by atoms with van der Waals surface area (Å²) in [5.41, 5.74) is 6.82. The van der Waals surface area contributed by atoms with E-state index in [1.54, 1.807) is 24.3 Å². The first-order valence-electron chi connectivity index (χ1n) is 8.82. The fourth-order valence-electron chi connectivity index (χ4n) is 2.74. The number of benzene rings is 2. The molecule has 0 aliphatic rings. The molecule has 0 aliphatic heterocycles. The number of carbonyl (C=O) groups excluding carboxylic acids is 1. The second-order valence-electron chi connectivity index (χ2n) is 6.32. The number of nitrogens with one attached hydrogen (secondary N) is 1. The Balaban J connectivity index is 1.83. The third-order valence-electron chi connectivity index (χ3n) is 4.22. The van der Waals surface area contributed by atoms with Gasteiger partial charge < -0.3 is 16.2 Å². The lowest BCUT2D eigenvalue weighted by Crippen LogP contribution is -2.24. The highest BCUT2D eigenvalue weighted by atomic mass is 19.4. The van der Waals surface area contributed by atoms with Gasteiger partial charge in [-0.15, -0.1) is 0 Å². The first-order valence-corrected chi connectivity index (χ1v) is 8.82. The van der Waals surface area contributed by atoms with Gasteiger partial charge in [-0.05, 0) is 42.8 Å². The van der Waals surface area contributed by atoms with Gasteiger partial charge in [0.1, 0.15) is 5.82 Å². The quantitative estimate of drug-likeness (QED) is 0.550. The maximum atomic E-state index is 12.9. The standard InChI is InChI=1S/C20H19F3N4O2/c21-20(22,23)15-4-1-3-14(11-15)17-12-18(24)27(26-17)16-7-5-13(6-8-16)19(29)25-9-2-10-28/h1,3-8,11-12,28H,2,9-10,24H2,(H,25,29). The highest BCUT2D eigenvalue weighted by molar-refractivity contribution is 5.94. The minimum absolute atomic E-state index is 0.00793. The number of amides is 1. The summed E-state index contributed by atoms with van der Waals surface area (Å²) < 4.78 is 40.2. The normalized spacial score (nSPS) is 11.4. The zero-order valence-corrected chi connectivity index (χ0v) is 15.3. The van der Waals surface area contributed by atoms with Crippen molar-refractivity contribution in [2.75, 3.05) is 18.9 Å². The maximum Gasteiger partial charge on any atom is 0.416 e. The van der Waals surface area contributed by atoms with Crippen molar-refractivity contribution in [2.45, 2.75) is 12.6 Å². The Kier molecular flexibility index (Phi) is 5.88. The van der Waals surface area contributed by atoms with Crippen LogP contribution in [0.4, 0.5) is 19.0 Å². The minimum Gasteiger partial charge on any atom is -0.396 e. The molecular weight excluding hydrogens is 385 g/mol. The number of aliphatic hydroxyl groups is 1. The summed E-state index contributed by atoms with van der Waals surface area (Å²) in [4.78, 5) is 12.0. The number of nitrogens with zero attached hydrogens (tertiary/aromatic N) is 2. The zero-order valence-electron chi connectivity index (χ0n) is 15.3. The predicted molar refractivity (Wildman–Crippen MR) is 102 cm³/mol. The molecule has 2 aromatic carbocycles. The molecule has 0 bridgehead atoms. The third-order valence-corrected chi connectivity index (χ3v) is 4.22. The monoisotopic (exact) mass is 404 g/mol. The van der Waals surface area contributed by atoms with E-state index >= 15 is 0 Å². The largest absolute Gasteiger partial charge is 0.416 e. The van der Waals surface area contributed by atoms with Crippen molar-refractivity contribution in [1.82, 2.24) is 15.1 Å². The van der Waals surface area contributed by atoms with E-state index in [4.69, 9.17) is 10.8 Å². The second-order valence-corrected chi connectivity index (χ2v) is 6.32. The molecule has 0 atom stereocenters. The van der Waals surface area contributed by atoms with Gasteiger partial charge in [0.2, 0.25) is 0 Å². The molecule has 1 heterocycles. The molecule has 6 nitrogen and oxygen atoms in total. The van der Waals surface area contributed by atoms with Crippen molar-refractivity contribution >= 4 is 11.7 Å². The van der Waals surface area contributed by atoms with Crippen molar-refractivity contribution in [2.24, 2.45) is 0 Å². The van der Waals surface area contributed by atoms with E-state index in [1.165, 1.54) is 22.9 Å². The van der Waals surface area contributed by atoms with Gasteiger partial charge in [-0.3, -0.25) is 4.79 Å². The molecule has 0 radical (unpaired) electrons. The fraction of sp³-hybridized carbons (Fsp3) is 0.200. The number of hydrogen-bond donors (Lipinski definition) is 3. The zero-order chi connectivity index (χ0) is 21.0. The summed E-state index contributed by atoms with van der Waals surface area (Å²) in [5, 5.41) is 15.7. The van der Waals surface area contributed by atoms with Gasteiger partial charge in [-0.25, -0.2) is 4.68 Å². The average molecular weight is 404 g/mol. The molecule has 9 heteroatoms. The Morgan fingerprint density at radius 1 is 1.14 bits per heavy atom. The summed E-state index contributed by atoms with van der Waals surface area (Å²) in [5.74, 6) is -0.0272. The summed E-state index contributed by atoms with van der Waals surface area (Å²) >= 11 is 0. The van der Waals surface area contributed by atoms with Crippen LogP contribution in [0.3, 0.4) is 0 Å². The Hall–Kier alpha value is -3.33. The molecule has 0 aliphatic carbocycles. The van der Waals surface area contributed by atoms with Crippen molar-refractivity contribution in [3.8, 4) is 16.9 Å². The molecule has 3 rings (SSSR count). The summed E-state index contributed by atoms with van der Waals surface area (Å²) in [6, 6.07) is 12.8. The third kappa shape index (κ3) is 4.75. The topological polar surface area (TPSA) is 93.2 Å². The molecule has 3 aromatic rings. The van der Waals surface area contributed by atoms with Crippen LogP contribution >= 0.6 is 0 Å². The van der Waals surface area contributed by atoms with Gasteiger partial charge in [0.25, 0.3) is 5.91 Å². The Morgan fingerprint density at radius 2 is 1.86 bits per heavy atom. The van der Waals surface area contributed by atoms with Gasteiger partial charge in [0.15, 0.2) is 0 Å². The number of rotatable bonds is 6. The summed E-state index contributed by atoms with van der Waals surface area (Å²) in [7, 11) is 0. The number of alkyl halides is 3. The predicted octanol–water partition coefficient (Wildman–Crippen LogP) is 3.25. The summed E-state index contributed by atoms with van der Waals surface area (Å²) in [6.07, 6.45) is -3.98. The lowest BCUT2D eigenvalue weighted by molar-refractivity contribution is -0.137. The van der Waals surface area contributed by atoms with Crippen LogP contribution in [-0.4, -0.2) is 33.9 Å². The number of carbonyl (C=O) groups is 1. The lowest BCUT2D eigenvalue weighted by Gasteiger charge is -2.08. The number of nitrogens with two attached hydrogens (primary N) is 1. The molecule has 1 aromatic heterocycles. The molecule has 152 valence electrons. The van der Waals surface area contributed by atoms with E-state index < -0.39 is 11.7 Å². The van der Waals surface area contributed by atoms with Crippen LogP contribution in [0.2, 0.25) is 0 Å². The number of hydrogen-bond acceptors (Lipinski definition) is 4. The van der Waals surface area contributed by atoms with E-state index in [1.807, 2.05) is 0 Å². The molecule has 4 N–H and O–H groups in total. The van der Waals surface area contributed by atoms with Gasteiger partial charge in [0, 0.05) is 30.3 Å². The first kappa shape index (κ1) is 20.4. The number of halogens is 3. The molecule has 29 heavy (non-hydrogen) atoms. The van der Waals surface area contributed by atoms with Crippen molar-refractivity contribution in [1.29, 1.82) is 0 Å². The van der Waals surface area contributed by atoms with Gasteiger partial charge in [-0.2, -0.15) is 18.3 Å². The fourth-order valence-corrected chi connectivity index (χ4v) is 2.74. The van der Waals surface area contributed by atoms with Gasteiger partial charge in [0.05, 0.1) is 16.9 Å². The van der Waals surface area contributed by atoms with Crippen LogP contribution in [0, 0.1) is 0 Å². The van der Waals surface area contributed by atoms with Crippen LogP contribution in [0.25, 0.3) is 16.9 Å². The number of nitrogen functional groups attached to an aromatic ring is 1. The highest BCUT2D eigenvalue weighted by Crippen LogP contribution is 2.32. The Morgan fingerprint density at radius 3 is 2.52 bits per heavy atom. The molecule has 0 saturated heterocycles. The first-order chi connectivity index (χ1) is 13.8. The van der Waals surface area contributed by atoms with Crippen LogP contribution in [0.5, 0.6) is 0 Å². The van der Waals surface area contributed by atoms with Crippen LogP contribution in [-0.2, 0) is 6.18 Å². The Bertz CT molecular complexity index is 998. The van der Waals surface area contributed by atoms with Gasteiger partial charge >= 0.3 is 6.18 Å². The van der Waals surface area contributed by atoms with E-state index in [2.05, 4.69) is 10.4 Å². The molecular formula is C20H19F3N4O2. The number of anilines is 1. The SMILES string of the molecule is Nc1cc(-c2cccc(C(F)(F)F)c2)nn1-c1ccc(C(=O)NCCCO)cc1. The van der Waals surface area contributed by atoms with E-state index in [9.17, 15) is 18.0 Å². The molecule has 0 spiro atoms. The average Bonchev–Trinajstić information content (AvgIpc) is 3.09. The minimum atomic E-state index is -4.45. The van der Waals surface area contributed by atoms with Crippen molar-refractivity contribution in [3.05, 3.63) is 65.7 Å². The van der Waals surface area contributed by atoms with E-state index in [0.29, 0.717) is 35.5 Å². The van der Waals surface area contributed by atoms with E-state index in [-0.39, 0.29) is 18.3 Å². The Labute approximate surface area is 164 Å². The lowest BCUT2D eigenvalue weighted by atomic mass is 10.1. The van der Waals surface area contributed by atoms with Crippen molar-refractivity contribution in [3.63, 3.8) is 0 Å². The molecule has 0 saturated carbocycles. The second kappa shape index (κ2) is 8.36. The van der Waals surface area contributed by atoms with Crippen molar-refractivity contribution < 1.29 is 23.1 Å². The van der Waals surface area contributed by atoms with Crippen LogP contribution < -0.4 is 11.1 Å². The number of aromatic nitrogens is 2. The van der Waals surface area contributed by atoms with E-state index in [0.717, 1.165) is 12.1 Å². The highest BCUT2D eigenvalue weighted by Gasteiger charge is 2.30. The molecule has 0 unspecified atom stereocenters. The van der Waals surface area contributed by atoms with Gasteiger partial charge in [-0.1, -0.05) is 12.1 Å². The number of aliphatic hydroxyl groups excluding tert-OH is 1. The smallest absolute Gasteiger partial charge is 0.396 e.